The molecule has 2 unspecified atom stereocenters. The Hall–Kier alpha value is -2.32. The van der Waals surface area contributed by atoms with E-state index in [9.17, 15) is 14.3 Å². The van der Waals surface area contributed by atoms with Crippen LogP contribution in [0.1, 0.15) is 22.0 Å². The first-order chi connectivity index (χ1) is 14.6. The summed E-state index contributed by atoms with van der Waals surface area (Å²) in [5.41, 5.74) is 0.915. The van der Waals surface area contributed by atoms with Gasteiger partial charge in [0.1, 0.15) is 5.82 Å². The lowest BCUT2D eigenvalue weighted by Crippen LogP contribution is -2.50. The highest BCUT2D eigenvalue weighted by Gasteiger charge is 2.27. The number of aliphatic hydroxyl groups excluding tert-OH is 1. The van der Waals surface area contributed by atoms with Gasteiger partial charge in [-0.2, -0.15) is 0 Å². The second kappa shape index (κ2) is 11.2. The number of halogens is 1. The molecule has 1 saturated heterocycles. The highest BCUT2D eigenvalue weighted by atomic mass is 19.1. The Morgan fingerprint density at radius 2 is 2.00 bits per heavy atom. The number of morpholine rings is 1. The summed E-state index contributed by atoms with van der Waals surface area (Å²) in [4.78, 5) is 16.6. The van der Waals surface area contributed by atoms with Gasteiger partial charge in [-0.15, -0.1) is 0 Å². The molecule has 2 atom stereocenters. The molecule has 1 heterocycles. The third-order valence-electron chi connectivity index (χ3n) is 5.22. The molecule has 162 valence electrons. The maximum absolute atomic E-state index is 14.1. The molecule has 1 amide bonds. The van der Waals surface area contributed by atoms with E-state index in [0.717, 1.165) is 5.56 Å². The molecular weight excluding hydrogens is 387 g/mol. The molecule has 7 heteroatoms. The number of ether oxygens (including phenoxy) is 2. The van der Waals surface area contributed by atoms with E-state index >= 15 is 0 Å². The molecule has 1 fully saturated rings. The first-order valence-electron chi connectivity index (χ1n) is 10.2. The Bertz CT molecular complexity index is 805. The Labute approximate surface area is 176 Å². The van der Waals surface area contributed by atoms with Gasteiger partial charge in [-0.05, 0) is 17.7 Å². The zero-order valence-electron chi connectivity index (χ0n) is 17.2. The minimum absolute atomic E-state index is 0.0424. The summed E-state index contributed by atoms with van der Waals surface area (Å²) in [7, 11) is 1.57. The summed E-state index contributed by atoms with van der Waals surface area (Å²) in [5.74, 6) is -0.919. The Kier molecular flexibility index (Phi) is 8.33. The van der Waals surface area contributed by atoms with Crippen molar-refractivity contribution in [2.24, 2.45) is 0 Å². The molecule has 3 rings (SSSR count). The minimum Gasteiger partial charge on any atom is -0.387 e. The third-order valence-corrected chi connectivity index (χ3v) is 5.22. The zero-order chi connectivity index (χ0) is 21.3. The molecule has 1 aliphatic rings. The maximum atomic E-state index is 14.1. The van der Waals surface area contributed by atoms with Gasteiger partial charge in [0.25, 0.3) is 5.91 Å². The van der Waals surface area contributed by atoms with Crippen molar-refractivity contribution in [2.45, 2.75) is 12.2 Å². The van der Waals surface area contributed by atoms with Crippen LogP contribution in [0.15, 0.2) is 54.6 Å². The van der Waals surface area contributed by atoms with Gasteiger partial charge in [0.2, 0.25) is 0 Å². The molecule has 0 spiro atoms. The van der Waals surface area contributed by atoms with Gasteiger partial charge in [0, 0.05) is 39.8 Å². The molecule has 0 saturated carbocycles. The van der Waals surface area contributed by atoms with Crippen molar-refractivity contribution in [2.75, 3.05) is 53.0 Å². The average Bonchev–Trinajstić information content (AvgIpc) is 2.77. The minimum atomic E-state index is -0.588. The van der Waals surface area contributed by atoms with Crippen LogP contribution in [0.4, 0.5) is 4.39 Å². The molecule has 0 bridgehead atoms. The molecule has 2 aromatic rings. The van der Waals surface area contributed by atoms with E-state index in [0.29, 0.717) is 45.9 Å². The number of methoxy groups -OCH3 is 1. The van der Waals surface area contributed by atoms with Crippen molar-refractivity contribution in [3.05, 3.63) is 71.5 Å². The molecule has 0 aromatic heterocycles. The first-order valence-corrected chi connectivity index (χ1v) is 10.2. The topological polar surface area (TPSA) is 62.2 Å². The Morgan fingerprint density at radius 3 is 2.73 bits per heavy atom. The summed E-state index contributed by atoms with van der Waals surface area (Å²) in [6.07, 6.45) is -0.816. The van der Waals surface area contributed by atoms with Crippen molar-refractivity contribution in [1.82, 2.24) is 9.80 Å². The number of hydrogen-bond donors (Lipinski definition) is 1. The monoisotopic (exact) mass is 416 g/mol. The molecule has 1 aliphatic heterocycles. The van der Waals surface area contributed by atoms with Crippen molar-refractivity contribution in [3.63, 3.8) is 0 Å². The van der Waals surface area contributed by atoms with Gasteiger partial charge in [-0.25, -0.2) is 4.39 Å². The van der Waals surface area contributed by atoms with Crippen molar-refractivity contribution < 1.29 is 23.8 Å². The van der Waals surface area contributed by atoms with E-state index in [1.54, 1.807) is 24.1 Å². The van der Waals surface area contributed by atoms with E-state index < -0.39 is 11.9 Å². The summed E-state index contributed by atoms with van der Waals surface area (Å²) < 4.78 is 25.1. The summed E-state index contributed by atoms with van der Waals surface area (Å²) >= 11 is 0. The molecular formula is C23H29FN2O4. The number of rotatable bonds is 9. The van der Waals surface area contributed by atoms with E-state index in [2.05, 4.69) is 4.90 Å². The first kappa shape index (κ1) is 22.4. The Balaban J connectivity index is 1.62. The summed E-state index contributed by atoms with van der Waals surface area (Å²) in [5, 5.41) is 10.5. The largest absolute Gasteiger partial charge is 0.387 e. The fourth-order valence-electron chi connectivity index (χ4n) is 3.61. The second-order valence-corrected chi connectivity index (χ2v) is 7.40. The molecule has 0 radical (unpaired) electrons. The molecule has 0 aliphatic carbocycles. The van der Waals surface area contributed by atoms with Crippen LogP contribution in [0.3, 0.4) is 0 Å². The van der Waals surface area contributed by atoms with E-state index in [4.69, 9.17) is 9.47 Å². The van der Waals surface area contributed by atoms with E-state index in [-0.39, 0.29) is 17.6 Å². The predicted octanol–water partition coefficient (Wildman–Crippen LogP) is 2.35. The number of carbonyl (C=O) groups is 1. The lowest BCUT2D eigenvalue weighted by molar-refractivity contribution is -0.0519. The highest BCUT2D eigenvalue weighted by Crippen LogP contribution is 2.17. The number of benzene rings is 2. The van der Waals surface area contributed by atoms with Crippen LogP contribution < -0.4 is 0 Å². The summed E-state index contributed by atoms with van der Waals surface area (Å²) in [6.45, 7) is 3.31. The number of carbonyl (C=O) groups excluding carboxylic acids is 1. The Morgan fingerprint density at radius 1 is 1.27 bits per heavy atom. The lowest BCUT2D eigenvalue weighted by atomic mass is 10.1. The van der Waals surface area contributed by atoms with E-state index in [1.165, 1.54) is 12.1 Å². The molecule has 1 N–H and O–H groups in total. The van der Waals surface area contributed by atoms with Gasteiger partial charge in [0.05, 0.1) is 31.0 Å². The van der Waals surface area contributed by atoms with Gasteiger partial charge >= 0.3 is 0 Å². The van der Waals surface area contributed by atoms with Gasteiger partial charge in [0.15, 0.2) is 0 Å². The van der Waals surface area contributed by atoms with Crippen LogP contribution >= 0.6 is 0 Å². The third kappa shape index (κ3) is 6.09. The average molecular weight is 416 g/mol. The normalized spacial score (nSPS) is 18.2. The molecule has 2 aromatic carbocycles. The number of aliphatic hydroxyl groups is 1. The smallest absolute Gasteiger partial charge is 0.256 e. The molecule has 6 nitrogen and oxygen atoms in total. The standard InChI is InChI=1S/C23H29FN2O4/c1-29-13-12-26(23(28)20-9-5-6-10-21(20)24)16-19-15-25(11-14-30-19)17-22(27)18-7-3-2-4-8-18/h2-10,19,22,27H,11-17H2,1H3. The zero-order valence-corrected chi connectivity index (χ0v) is 17.2. The van der Waals surface area contributed by atoms with Crippen LogP contribution in [-0.4, -0.2) is 80.0 Å². The molecule has 30 heavy (non-hydrogen) atoms. The quantitative estimate of drug-likeness (QED) is 0.680. The van der Waals surface area contributed by atoms with Crippen molar-refractivity contribution in [3.8, 4) is 0 Å². The highest BCUT2D eigenvalue weighted by molar-refractivity contribution is 5.94. The fraction of sp³-hybridized carbons (Fsp3) is 0.435. The van der Waals surface area contributed by atoms with Crippen LogP contribution in [0, 0.1) is 5.82 Å². The van der Waals surface area contributed by atoms with E-state index in [1.807, 2.05) is 30.3 Å². The number of amides is 1. The number of hydrogen-bond acceptors (Lipinski definition) is 5. The van der Waals surface area contributed by atoms with Gasteiger partial charge in [-0.1, -0.05) is 42.5 Å². The SMILES string of the molecule is COCCN(CC1CN(CC(O)c2ccccc2)CCO1)C(=O)c1ccccc1F. The second-order valence-electron chi connectivity index (χ2n) is 7.40. The number of nitrogens with zero attached hydrogens (tertiary/aromatic N) is 2. The summed E-state index contributed by atoms with van der Waals surface area (Å²) in [6, 6.07) is 15.5. The van der Waals surface area contributed by atoms with Crippen LogP contribution in [0.5, 0.6) is 0 Å². The predicted molar refractivity (Wildman–Crippen MR) is 112 cm³/mol. The van der Waals surface area contributed by atoms with Gasteiger partial charge in [-0.3, -0.25) is 9.69 Å². The van der Waals surface area contributed by atoms with Crippen LogP contribution in [-0.2, 0) is 9.47 Å². The fourth-order valence-corrected chi connectivity index (χ4v) is 3.61. The maximum Gasteiger partial charge on any atom is 0.256 e. The van der Waals surface area contributed by atoms with Crippen LogP contribution in [0.2, 0.25) is 0 Å². The van der Waals surface area contributed by atoms with Crippen molar-refractivity contribution >= 4 is 5.91 Å². The van der Waals surface area contributed by atoms with Crippen molar-refractivity contribution in [1.29, 1.82) is 0 Å². The van der Waals surface area contributed by atoms with Gasteiger partial charge < -0.3 is 19.5 Å². The number of β-amino-alcohol motifs (C(OH)–C–C–N with tert-alkyl or cyclic N) is 1. The lowest BCUT2D eigenvalue weighted by Gasteiger charge is -2.36. The van der Waals surface area contributed by atoms with Crippen LogP contribution in [0.25, 0.3) is 0 Å².